The minimum Gasteiger partial charge on any atom is -0.299 e. The highest BCUT2D eigenvalue weighted by molar-refractivity contribution is 9.10. The van der Waals surface area contributed by atoms with Crippen molar-refractivity contribution in [2.45, 2.75) is 38.5 Å². The van der Waals surface area contributed by atoms with Gasteiger partial charge in [-0.15, -0.1) is 0 Å². The Labute approximate surface area is 110 Å². The second kappa shape index (κ2) is 5.76. The Kier molecular flexibility index (Phi) is 4.32. The lowest BCUT2D eigenvalue weighted by Gasteiger charge is -2.13. The number of benzene rings is 1. The molecule has 1 unspecified atom stereocenters. The van der Waals surface area contributed by atoms with Gasteiger partial charge in [-0.2, -0.15) is 0 Å². The summed E-state index contributed by atoms with van der Waals surface area (Å²) in [5.41, 5.74) is 0.652. The van der Waals surface area contributed by atoms with Gasteiger partial charge in [-0.05, 0) is 43.0 Å². The number of ketones is 1. The molecule has 1 fully saturated rings. The number of hydrogen-bond acceptors (Lipinski definition) is 1. The highest BCUT2D eigenvalue weighted by Gasteiger charge is 2.22. The van der Waals surface area contributed by atoms with Gasteiger partial charge in [-0.1, -0.05) is 28.8 Å². The van der Waals surface area contributed by atoms with Crippen LogP contribution < -0.4 is 0 Å². The molecule has 1 aliphatic rings. The Balaban J connectivity index is 2.13. The summed E-state index contributed by atoms with van der Waals surface area (Å²) in [6.45, 7) is 0. The van der Waals surface area contributed by atoms with Crippen molar-refractivity contribution in [2.75, 3.05) is 0 Å². The monoisotopic (exact) mass is 298 g/mol. The predicted octanol–water partition coefficient (Wildman–Crippen LogP) is 4.28. The number of Topliss-reactive ketones (excluding diaryl/α,β-unsaturated/α-hetero) is 1. The largest absolute Gasteiger partial charge is 0.299 e. The Morgan fingerprint density at radius 3 is 2.94 bits per heavy atom. The SMILES string of the molecule is O=C1CCCCCC1Cc1cc(Br)ccc1F. The average Bonchev–Trinajstić information content (AvgIpc) is 2.50. The lowest BCUT2D eigenvalue weighted by atomic mass is 9.91. The van der Waals surface area contributed by atoms with E-state index < -0.39 is 0 Å². The fourth-order valence-electron chi connectivity index (χ4n) is 2.41. The van der Waals surface area contributed by atoms with E-state index in [9.17, 15) is 9.18 Å². The van der Waals surface area contributed by atoms with Gasteiger partial charge in [0.2, 0.25) is 0 Å². The summed E-state index contributed by atoms with van der Waals surface area (Å²) in [6.07, 6.45) is 5.33. The third-order valence-corrected chi connectivity index (χ3v) is 3.90. The van der Waals surface area contributed by atoms with Crippen molar-refractivity contribution in [3.8, 4) is 0 Å². The quantitative estimate of drug-likeness (QED) is 0.745. The third-order valence-electron chi connectivity index (χ3n) is 3.41. The zero-order valence-corrected chi connectivity index (χ0v) is 11.3. The van der Waals surface area contributed by atoms with E-state index in [1.54, 1.807) is 12.1 Å². The number of hydrogen-bond donors (Lipinski definition) is 0. The van der Waals surface area contributed by atoms with E-state index in [1.165, 1.54) is 6.07 Å². The van der Waals surface area contributed by atoms with Gasteiger partial charge in [-0.25, -0.2) is 4.39 Å². The fraction of sp³-hybridized carbons (Fsp3) is 0.500. The second-order valence-corrected chi connectivity index (χ2v) is 5.62. The molecular formula is C14H16BrFO. The minimum absolute atomic E-state index is 0.0151. The molecular weight excluding hydrogens is 283 g/mol. The van der Waals surface area contributed by atoms with Crippen LogP contribution in [0.5, 0.6) is 0 Å². The van der Waals surface area contributed by atoms with E-state index in [1.807, 2.05) is 0 Å². The van der Waals surface area contributed by atoms with Crippen LogP contribution in [0.25, 0.3) is 0 Å². The van der Waals surface area contributed by atoms with Crippen molar-refractivity contribution in [3.05, 3.63) is 34.1 Å². The van der Waals surface area contributed by atoms with Crippen molar-refractivity contribution >= 4 is 21.7 Å². The Bertz CT molecular complexity index is 417. The van der Waals surface area contributed by atoms with Crippen molar-refractivity contribution in [1.29, 1.82) is 0 Å². The molecule has 1 nitrogen and oxygen atoms in total. The summed E-state index contributed by atoms with van der Waals surface area (Å²) in [5, 5.41) is 0. The summed E-state index contributed by atoms with van der Waals surface area (Å²) in [7, 11) is 0. The van der Waals surface area contributed by atoms with Crippen LogP contribution in [-0.2, 0) is 11.2 Å². The first-order chi connectivity index (χ1) is 8.16. The number of rotatable bonds is 2. The molecule has 1 aromatic rings. The van der Waals surface area contributed by atoms with Crippen LogP contribution in [0.4, 0.5) is 4.39 Å². The molecule has 0 spiro atoms. The molecule has 0 heterocycles. The number of carbonyl (C=O) groups excluding carboxylic acids is 1. The van der Waals surface area contributed by atoms with Crippen molar-refractivity contribution < 1.29 is 9.18 Å². The Morgan fingerprint density at radius 1 is 1.29 bits per heavy atom. The van der Waals surface area contributed by atoms with Crippen molar-refractivity contribution in [3.63, 3.8) is 0 Å². The summed E-state index contributed by atoms with van der Waals surface area (Å²) in [4.78, 5) is 11.9. The molecule has 17 heavy (non-hydrogen) atoms. The van der Waals surface area contributed by atoms with Crippen LogP contribution in [0.2, 0.25) is 0 Å². The molecule has 0 aromatic heterocycles. The maximum Gasteiger partial charge on any atom is 0.136 e. The van der Waals surface area contributed by atoms with E-state index in [0.717, 1.165) is 30.2 Å². The first-order valence-electron chi connectivity index (χ1n) is 6.13. The second-order valence-electron chi connectivity index (χ2n) is 4.70. The summed E-state index contributed by atoms with van der Waals surface area (Å²) in [6, 6.07) is 4.93. The molecule has 2 rings (SSSR count). The molecule has 1 aliphatic carbocycles. The van der Waals surface area contributed by atoms with Crippen LogP contribution in [0.15, 0.2) is 22.7 Å². The van der Waals surface area contributed by atoms with E-state index in [-0.39, 0.29) is 11.7 Å². The Hall–Kier alpha value is -0.700. The molecule has 0 bridgehead atoms. The lowest BCUT2D eigenvalue weighted by Crippen LogP contribution is -2.16. The summed E-state index contributed by atoms with van der Waals surface area (Å²) < 4.78 is 14.5. The number of halogens is 2. The minimum atomic E-state index is -0.203. The lowest BCUT2D eigenvalue weighted by molar-refractivity contribution is -0.122. The summed E-state index contributed by atoms with van der Waals surface area (Å²) in [5.74, 6) is 0.119. The van der Waals surface area contributed by atoms with E-state index in [0.29, 0.717) is 24.2 Å². The maximum atomic E-state index is 13.6. The number of carbonyl (C=O) groups is 1. The van der Waals surface area contributed by atoms with Gasteiger partial charge in [0.15, 0.2) is 0 Å². The first kappa shape index (κ1) is 12.7. The maximum absolute atomic E-state index is 13.6. The van der Waals surface area contributed by atoms with Crippen LogP contribution in [0.3, 0.4) is 0 Å². The van der Waals surface area contributed by atoms with Crippen LogP contribution in [0, 0.1) is 11.7 Å². The van der Waals surface area contributed by atoms with Gasteiger partial charge >= 0.3 is 0 Å². The molecule has 1 aromatic carbocycles. The first-order valence-corrected chi connectivity index (χ1v) is 6.93. The smallest absolute Gasteiger partial charge is 0.136 e. The zero-order valence-electron chi connectivity index (χ0n) is 9.72. The third kappa shape index (κ3) is 3.38. The van der Waals surface area contributed by atoms with Crippen LogP contribution in [0.1, 0.15) is 37.7 Å². The molecule has 0 aliphatic heterocycles. The van der Waals surface area contributed by atoms with Crippen molar-refractivity contribution in [1.82, 2.24) is 0 Å². The van der Waals surface area contributed by atoms with Crippen LogP contribution in [-0.4, -0.2) is 5.78 Å². The topological polar surface area (TPSA) is 17.1 Å². The summed E-state index contributed by atoms with van der Waals surface area (Å²) >= 11 is 3.34. The highest BCUT2D eigenvalue weighted by Crippen LogP contribution is 2.25. The van der Waals surface area contributed by atoms with E-state index in [4.69, 9.17) is 0 Å². The van der Waals surface area contributed by atoms with Gasteiger partial charge in [0, 0.05) is 16.8 Å². The molecule has 0 saturated heterocycles. The predicted molar refractivity (Wildman–Crippen MR) is 69.4 cm³/mol. The van der Waals surface area contributed by atoms with E-state index in [2.05, 4.69) is 15.9 Å². The molecule has 0 amide bonds. The fourth-order valence-corrected chi connectivity index (χ4v) is 2.82. The van der Waals surface area contributed by atoms with Gasteiger partial charge < -0.3 is 0 Å². The van der Waals surface area contributed by atoms with Crippen LogP contribution >= 0.6 is 15.9 Å². The van der Waals surface area contributed by atoms with E-state index >= 15 is 0 Å². The zero-order chi connectivity index (χ0) is 12.3. The molecule has 1 atom stereocenters. The molecule has 0 radical (unpaired) electrons. The molecule has 1 saturated carbocycles. The highest BCUT2D eigenvalue weighted by atomic mass is 79.9. The molecule has 92 valence electrons. The van der Waals surface area contributed by atoms with Gasteiger partial charge in [0.1, 0.15) is 11.6 Å². The molecule has 3 heteroatoms. The van der Waals surface area contributed by atoms with Gasteiger partial charge in [0.25, 0.3) is 0 Å². The van der Waals surface area contributed by atoms with Crippen molar-refractivity contribution in [2.24, 2.45) is 5.92 Å². The Morgan fingerprint density at radius 2 is 2.12 bits per heavy atom. The standard InChI is InChI=1S/C14H16BrFO/c15-12-6-7-13(16)11(9-12)8-10-4-2-1-3-5-14(10)17/h6-7,9-10H,1-5,8H2. The average molecular weight is 299 g/mol. The van der Waals surface area contributed by atoms with Gasteiger partial charge in [-0.3, -0.25) is 4.79 Å². The van der Waals surface area contributed by atoms with Gasteiger partial charge in [0.05, 0.1) is 0 Å². The normalized spacial score (nSPS) is 21.3. The molecule has 0 N–H and O–H groups in total.